The zero-order valence-electron chi connectivity index (χ0n) is 11.8. The Morgan fingerprint density at radius 2 is 2.10 bits per heavy atom. The van der Waals surface area contributed by atoms with Gasteiger partial charge in [0, 0.05) is 22.3 Å². The molecule has 21 heavy (non-hydrogen) atoms. The molecule has 0 aromatic heterocycles. The molecule has 2 atom stereocenters. The number of halogens is 2. The summed E-state index contributed by atoms with van der Waals surface area (Å²) in [6, 6.07) is 2.98. The van der Waals surface area contributed by atoms with Crippen LogP contribution in [0.5, 0.6) is 0 Å². The molecule has 0 bridgehead atoms. The molecule has 2 rings (SSSR count). The highest BCUT2D eigenvalue weighted by molar-refractivity contribution is 8.13. The third-order valence-corrected chi connectivity index (χ3v) is 5.60. The summed E-state index contributed by atoms with van der Waals surface area (Å²) in [6.45, 7) is 3.75. The summed E-state index contributed by atoms with van der Waals surface area (Å²) in [6.07, 6.45) is 3.16. The van der Waals surface area contributed by atoms with Gasteiger partial charge in [0.1, 0.15) is 4.90 Å². The van der Waals surface area contributed by atoms with Gasteiger partial charge in [-0.05, 0) is 43.4 Å². The van der Waals surface area contributed by atoms with Crippen molar-refractivity contribution in [1.82, 2.24) is 5.32 Å². The number of carbonyl (C=O) groups is 1. The van der Waals surface area contributed by atoms with Crippen molar-refractivity contribution in [2.45, 2.75) is 44.0 Å². The number of rotatable bonds is 5. The Bertz CT molecular complexity index is 673. The van der Waals surface area contributed by atoms with Crippen LogP contribution in [0.4, 0.5) is 0 Å². The lowest BCUT2D eigenvalue weighted by atomic mass is 10.1. The van der Waals surface area contributed by atoms with Crippen molar-refractivity contribution < 1.29 is 13.2 Å². The van der Waals surface area contributed by atoms with Crippen molar-refractivity contribution in [3.63, 3.8) is 0 Å². The molecule has 116 valence electrons. The van der Waals surface area contributed by atoms with E-state index in [1.807, 2.05) is 0 Å². The first-order valence-corrected chi connectivity index (χ1v) is 9.48. The zero-order valence-corrected chi connectivity index (χ0v) is 14.1. The molecule has 1 aromatic rings. The number of hydrogen-bond acceptors (Lipinski definition) is 3. The summed E-state index contributed by atoms with van der Waals surface area (Å²) in [4.78, 5) is 12.0. The average Bonchev–Trinajstić information content (AvgIpc) is 3.09. The standard InChI is InChI=1S/C14H17Cl2NO3S/c1-3-4-9-6-11(9)17-14(18)10-5-8(2)13(15)12(7-10)21(16,19)20/h5,7,9,11H,3-4,6H2,1-2H3,(H,17,18). The van der Waals surface area contributed by atoms with E-state index in [-0.39, 0.29) is 27.4 Å². The molecular weight excluding hydrogens is 333 g/mol. The Kier molecular flexibility index (Phi) is 4.85. The van der Waals surface area contributed by atoms with Crippen molar-refractivity contribution in [2.75, 3.05) is 0 Å². The van der Waals surface area contributed by atoms with Crippen LogP contribution in [0.1, 0.15) is 42.1 Å². The van der Waals surface area contributed by atoms with Crippen molar-refractivity contribution in [1.29, 1.82) is 0 Å². The second-order valence-electron chi connectivity index (χ2n) is 5.41. The third-order valence-electron chi connectivity index (χ3n) is 3.64. The summed E-state index contributed by atoms with van der Waals surface area (Å²) < 4.78 is 23.0. The predicted octanol–water partition coefficient (Wildman–Crippen LogP) is 3.49. The van der Waals surface area contributed by atoms with Gasteiger partial charge in [-0.2, -0.15) is 0 Å². The zero-order chi connectivity index (χ0) is 15.8. The van der Waals surface area contributed by atoms with Crippen LogP contribution in [0.25, 0.3) is 0 Å². The average molecular weight is 350 g/mol. The van der Waals surface area contributed by atoms with Crippen LogP contribution in [0.15, 0.2) is 17.0 Å². The Balaban J connectivity index is 2.21. The molecular formula is C14H17Cl2NO3S. The minimum absolute atomic E-state index is 0.0526. The maximum absolute atomic E-state index is 12.2. The quantitative estimate of drug-likeness (QED) is 0.827. The van der Waals surface area contributed by atoms with Crippen molar-refractivity contribution >= 4 is 37.2 Å². The van der Waals surface area contributed by atoms with Gasteiger partial charge in [0.15, 0.2) is 0 Å². The molecule has 0 aliphatic heterocycles. The SMILES string of the molecule is CCCC1CC1NC(=O)c1cc(C)c(Cl)c(S(=O)(=O)Cl)c1. The maximum Gasteiger partial charge on any atom is 0.262 e. The highest BCUT2D eigenvalue weighted by atomic mass is 35.7. The van der Waals surface area contributed by atoms with E-state index in [9.17, 15) is 13.2 Å². The smallest absolute Gasteiger partial charge is 0.262 e. The van der Waals surface area contributed by atoms with Crippen LogP contribution in [0.2, 0.25) is 5.02 Å². The van der Waals surface area contributed by atoms with E-state index < -0.39 is 9.05 Å². The maximum atomic E-state index is 12.2. The second-order valence-corrected chi connectivity index (χ2v) is 8.32. The number of nitrogens with one attached hydrogen (secondary N) is 1. The van der Waals surface area contributed by atoms with Gasteiger partial charge in [-0.15, -0.1) is 0 Å². The van der Waals surface area contributed by atoms with E-state index in [1.54, 1.807) is 13.0 Å². The second kappa shape index (κ2) is 6.15. The van der Waals surface area contributed by atoms with Gasteiger partial charge < -0.3 is 5.32 Å². The minimum atomic E-state index is -3.98. The molecule has 1 aliphatic rings. The lowest BCUT2D eigenvalue weighted by Crippen LogP contribution is -2.27. The van der Waals surface area contributed by atoms with Crippen LogP contribution < -0.4 is 5.32 Å². The highest BCUT2D eigenvalue weighted by Gasteiger charge is 2.37. The molecule has 1 fully saturated rings. The summed E-state index contributed by atoms with van der Waals surface area (Å²) in [5.41, 5.74) is 0.766. The number of carbonyl (C=O) groups excluding carboxylic acids is 1. The van der Waals surface area contributed by atoms with E-state index in [0.29, 0.717) is 11.5 Å². The van der Waals surface area contributed by atoms with E-state index in [2.05, 4.69) is 12.2 Å². The first-order chi connectivity index (χ1) is 9.74. The summed E-state index contributed by atoms with van der Waals surface area (Å²) in [5.74, 6) is 0.239. The predicted molar refractivity (Wildman–Crippen MR) is 83.5 cm³/mol. The Morgan fingerprint density at radius 3 is 2.67 bits per heavy atom. The fraction of sp³-hybridized carbons (Fsp3) is 0.500. The van der Waals surface area contributed by atoms with Crippen LogP contribution >= 0.6 is 22.3 Å². The van der Waals surface area contributed by atoms with Gasteiger partial charge >= 0.3 is 0 Å². The van der Waals surface area contributed by atoms with Crippen LogP contribution in [-0.4, -0.2) is 20.4 Å². The number of aryl methyl sites for hydroxylation is 1. The molecule has 4 nitrogen and oxygen atoms in total. The minimum Gasteiger partial charge on any atom is -0.349 e. The van der Waals surface area contributed by atoms with Gasteiger partial charge in [-0.3, -0.25) is 4.79 Å². The van der Waals surface area contributed by atoms with Gasteiger partial charge in [0.25, 0.3) is 15.0 Å². The fourth-order valence-corrected chi connectivity index (χ4v) is 3.95. The highest BCUT2D eigenvalue weighted by Crippen LogP contribution is 2.35. The topological polar surface area (TPSA) is 63.2 Å². The van der Waals surface area contributed by atoms with Gasteiger partial charge in [0.05, 0.1) is 5.02 Å². The summed E-state index contributed by atoms with van der Waals surface area (Å²) >= 11 is 5.94. The van der Waals surface area contributed by atoms with Crippen molar-refractivity contribution in [3.8, 4) is 0 Å². The molecule has 1 N–H and O–H groups in total. The van der Waals surface area contributed by atoms with Crippen LogP contribution in [-0.2, 0) is 9.05 Å². The summed E-state index contributed by atoms with van der Waals surface area (Å²) in [7, 11) is 1.37. The van der Waals surface area contributed by atoms with Crippen molar-refractivity contribution in [3.05, 3.63) is 28.3 Å². The Labute approximate surface area is 134 Å². The third kappa shape index (κ3) is 3.90. The molecule has 0 saturated heterocycles. The van der Waals surface area contributed by atoms with Gasteiger partial charge in [-0.1, -0.05) is 24.9 Å². The van der Waals surface area contributed by atoms with Crippen LogP contribution in [0, 0.1) is 12.8 Å². The number of amides is 1. The van der Waals surface area contributed by atoms with E-state index in [1.165, 1.54) is 6.07 Å². The van der Waals surface area contributed by atoms with E-state index in [4.69, 9.17) is 22.3 Å². The van der Waals surface area contributed by atoms with Crippen LogP contribution in [0.3, 0.4) is 0 Å². The normalized spacial score (nSPS) is 21.1. The first-order valence-electron chi connectivity index (χ1n) is 6.79. The lowest BCUT2D eigenvalue weighted by Gasteiger charge is -2.09. The molecule has 1 saturated carbocycles. The number of hydrogen-bond donors (Lipinski definition) is 1. The Hall–Kier alpha value is -0.780. The molecule has 1 aromatic carbocycles. The Morgan fingerprint density at radius 1 is 1.43 bits per heavy atom. The van der Waals surface area contributed by atoms with E-state index in [0.717, 1.165) is 19.3 Å². The molecule has 0 heterocycles. The summed E-state index contributed by atoms with van der Waals surface area (Å²) in [5, 5.41) is 2.96. The molecule has 1 amide bonds. The molecule has 0 radical (unpaired) electrons. The molecule has 0 spiro atoms. The molecule has 1 aliphatic carbocycles. The first kappa shape index (κ1) is 16.6. The fourth-order valence-electron chi connectivity index (χ4n) is 2.41. The van der Waals surface area contributed by atoms with Gasteiger partial charge in [0.2, 0.25) is 0 Å². The largest absolute Gasteiger partial charge is 0.349 e. The lowest BCUT2D eigenvalue weighted by molar-refractivity contribution is 0.0948. The molecule has 7 heteroatoms. The number of benzene rings is 1. The molecule has 2 unspecified atom stereocenters. The van der Waals surface area contributed by atoms with Gasteiger partial charge in [-0.25, -0.2) is 8.42 Å². The van der Waals surface area contributed by atoms with Crippen molar-refractivity contribution in [2.24, 2.45) is 5.92 Å². The van der Waals surface area contributed by atoms with E-state index >= 15 is 0 Å². The monoisotopic (exact) mass is 349 g/mol.